The maximum atomic E-state index is 13.1. The quantitative estimate of drug-likeness (QED) is 0.0422. The summed E-state index contributed by atoms with van der Waals surface area (Å²) in [5, 5.41) is 10.4. The minimum absolute atomic E-state index is 0.0946. The van der Waals surface area contributed by atoms with Crippen LogP contribution < -0.4 is 21.3 Å². The first-order valence-electron chi connectivity index (χ1n) is 21.5. The van der Waals surface area contributed by atoms with E-state index < -0.39 is 47.5 Å². The highest BCUT2D eigenvalue weighted by Crippen LogP contribution is 2.03. The lowest BCUT2D eigenvalue weighted by molar-refractivity contribution is -0.144. The predicted molar refractivity (Wildman–Crippen MR) is 221 cm³/mol. The minimum Gasteiger partial charge on any atom is -0.464 e. The molecule has 4 amide bonds. The molecule has 20 heteroatoms. The summed E-state index contributed by atoms with van der Waals surface area (Å²) in [7, 11) is 0. The first-order chi connectivity index (χ1) is 28.9. The van der Waals surface area contributed by atoms with E-state index >= 15 is 0 Å². The zero-order valence-electron chi connectivity index (χ0n) is 36.5. The second-order valence-corrected chi connectivity index (χ2v) is 14.5. The molecule has 1 aliphatic heterocycles. The molecule has 1 fully saturated rings. The third-order valence-corrected chi connectivity index (χ3v) is 9.16. The highest BCUT2D eigenvalue weighted by molar-refractivity contribution is 5.85. The molecule has 4 N–H and O–H groups in total. The van der Waals surface area contributed by atoms with E-state index in [4.69, 9.17) is 18.9 Å². The largest absolute Gasteiger partial charge is 0.464 e. The number of esters is 4. The Morgan fingerprint density at radius 1 is 0.350 bits per heavy atom. The zero-order valence-corrected chi connectivity index (χ0v) is 36.5. The van der Waals surface area contributed by atoms with E-state index in [0.717, 1.165) is 25.7 Å². The molecule has 1 saturated heterocycles. The van der Waals surface area contributed by atoms with Crippen LogP contribution in [0.2, 0.25) is 0 Å². The fourth-order valence-corrected chi connectivity index (χ4v) is 5.46. The molecule has 60 heavy (non-hydrogen) atoms. The Kier molecular flexibility index (Phi) is 30.7. The molecule has 0 bridgehead atoms. The Morgan fingerprint density at radius 2 is 0.533 bits per heavy atom. The summed E-state index contributed by atoms with van der Waals surface area (Å²) in [4.78, 5) is 108. The van der Waals surface area contributed by atoms with Crippen LogP contribution in [0.3, 0.4) is 0 Å². The number of rotatable bonds is 28. The molecule has 0 aromatic carbocycles. The van der Waals surface area contributed by atoms with Crippen LogP contribution in [0.4, 0.5) is 0 Å². The number of hydrogen-bond donors (Lipinski definition) is 4. The average Bonchev–Trinajstić information content (AvgIpc) is 3.21. The van der Waals surface area contributed by atoms with Crippen molar-refractivity contribution in [1.82, 2.24) is 40.9 Å². The number of nitrogens with zero attached hydrogens (tertiary/aromatic N) is 4. The predicted octanol–water partition coefficient (Wildman–Crippen LogP) is -0.954. The van der Waals surface area contributed by atoms with Gasteiger partial charge in [-0.15, -0.1) is 0 Å². The Balaban J connectivity index is 3.18. The fourth-order valence-electron chi connectivity index (χ4n) is 5.46. The maximum Gasteiger partial charge on any atom is 0.325 e. The summed E-state index contributed by atoms with van der Waals surface area (Å²) in [6, 6.07) is 0. The van der Waals surface area contributed by atoms with Gasteiger partial charge in [-0.1, -0.05) is 53.4 Å². The van der Waals surface area contributed by atoms with Crippen molar-refractivity contribution < 1.29 is 57.3 Å². The van der Waals surface area contributed by atoms with E-state index in [9.17, 15) is 38.4 Å². The summed E-state index contributed by atoms with van der Waals surface area (Å²) in [5.74, 6) is -3.87. The molecule has 1 aliphatic rings. The first-order valence-corrected chi connectivity index (χ1v) is 21.5. The van der Waals surface area contributed by atoms with Crippen molar-refractivity contribution in [3.63, 3.8) is 0 Å². The molecule has 0 atom stereocenters. The SMILES string of the molecule is CCCCOC(=O)CNC(=O)CN1CCN(CC(=O)NCC(=O)OCCCC)CCN(CC(=O)NCC(=O)OCCCC)CCN(CC(=O)NCC(=O)OCCCC)CC1. The molecule has 20 nitrogen and oxygen atoms in total. The van der Waals surface area contributed by atoms with Gasteiger partial charge in [-0.3, -0.25) is 58.0 Å². The van der Waals surface area contributed by atoms with Crippen LogP contribution in [-0.4, -0.2) is 198 Å². The van der Waals surface area contributed by atoms with E-state index in [0.29, 0.717) is 78.0 Å². The standard InChI is InChI=1S/C40H72N8O12/c1-5-9-21-57-37(53)25-41-33(49)29-45-13-15-46(30-34(50)42-26-38(54)58-22-10-6-2)17-19-48(32-36(52)44-28-40(56)60-24-12-8-4)20-18-47(16-14-45)31-35(51)43-27-39(55)59-23-11-7-3/h5-32H2,1-4H3,(H,41,49)(H,42,50)(H,43,51)(H,44,52). The van der Waals surface area contributed by atoms with Gasteiger partial charge in [0.1, 0.15) is 26.2 Å². The van der Waals surface area contributed by atoms with E-state index in [-0.39, 0.29) is 78.8 Å². The number of hydrogen-bond acceptors (Lipinski definition) is 16. The van der Waals surface area contributed by atoms with Gasteiger partial charge in [0.15, 0.2) is 0 Å². The van der Waals surface area contributed by atoms with E-state index in [2.05, 4.69) is 21.3 Å². The van der Waals surface area contributed by atoms with Crippen molar-refractivity contribution in [2.75, 3.05) is 131 Å². The second kappa shape index (κ2) is 34.3. The lowest BCUT2D eigenvalue weighted by Crippen LogP contribution is -2.52. The summed E-state index contributed by atoms with van der Waals surface area (Å²) < 4.78 is 20.6. The van der Waals surface area contributed by atoms with Crippen LogP contribution in [0.5, 0.6) is 0 Å². The molecule has 0 spiro atoms. The molecule has 1 rings (SSSR count). The number of unbranched alkanes of at least 4 members (excludes halogenated alkanes) is 4. The molecule has 0 aliphatic carbocycles. The number of ether oxygens (including phenoxy) is 4. The van der Waals surface area contributed by atoms with Gasteiger partial charge >= 0.3 is 23.9 Å². The smallest absolute Gasteiger partial charge is 0.325 e. The van der Waals surface area contributed by atoms with Gasteiger partial charge in [0.25, 0.3) is 0 Å². The van der Waals surface area contributed by atoms with Gasteiger partial charge in [0, 0.05) is 52.4 Å². The zero-order chi connectivity index (χ0) is 44.4. The summed E-state index contributed by atoms with van der Waals surface area (Å²) in [6.07, 6.45) is 6.27. The van der Waals surface area contributed by atoms with Crippen molar-refractivity contribution in [3.8, 4) is 0 Å². The van der Waals surface area contributed by atoms with Crippen LogP contribution in [0.25, 0.3) is 0 Å². The van der Waals surface area contributed by atoms with E-state index in [1.807, 2.05) is 47.3 Å². The van der Waals surface area contributed by atoms with Crippen molar-refractivity contribution in [3.05, 3.63) is 0 Å². The van der Waals surface area contributed by atoms with Crippen molar-refractivity contribution >= 4 is 47.5 Å². The maximum absolute atomic E-state index is 13.1. The Morgan fingerprint density at radius 3 is 0.700 bits per heavy atom. The topological polar surface area (TPSA) is 235 Å². The number of carbonyl (C=O) groups excluding carboxylic acids is 8. The normalized spacial score (nSPS) is 14.7. The Hall–Kier alpha value is -4.40. The fraction of sp³-hybridized carbons (Fsp3) is 0.800. The lowest BCUT2D eigenvalue weighted by Gasteiger charge is -2.33. The Bertz CT molecular complexity index is 1100. The molecule has 344 valence electrons. The summed E-state index contributed by atoms with van der Waals surface area (Å²) in [6.45, 7) is 9.76. The van der Waals surface area contributed by atoms with Gasteiger partial charge in [-0.05, 0) is 25.7 Å². The van der Waals surface area contributed by atoms with Crippen LogP contribution in [0.1, 0.15) is 79.1 Å². The number of carbonyl (C=O) groups is 8. The highest BCUT2D eigenvalue weighted by atomic mass is 16.5. The van der Waals surface area contributed by atoms with Crippen molar-refractivity contribution in [2.45, 2.75) is 79.1 Å². The van der Waals surface area contributed by atoms with Crippen LogP contribution in [-0.2, 0) is 57.3 Å². The molecule has 0 aromatic rings. The molecular formula is C40H72N8O12. The number of amides is 4. The third-order valence-electron chi connectivity index (χ3n) is 9.16. The van der Waals surface area contributed by atoms with Crippen molar-refractivity contribution in [1.29, 1.82) is 0 Å². The van der Waals surface area contributed by atoms with Crippen LogP contribution >= 0.6 is 0 Å². The molecule has 1 heterocycles. The minimum atomic E-state index is -0.548. The van der Waals surface area contributed by atoms with Gasteiger partial charge in [0.05, 0.1) is 52.6 Å². The number of nitrogens with one attached hydrogen (secondary N) is 4. The van der Waals surface area contributed by atoms with Crippen LogP contribution in [0, 0.1) is 0 Å². The van der Waals surface area contributed by atoms with Gasteiger partial charge in [-0.2, -0.15) is 0 Å². The second-order valence-electron chi connectivity index (χ2n) is 14.5. The third kappa shape index (κ3) is 28.9. The summed E-state index contributed by atoms with van der Waals surface area (Å²) >= 11 is 0. The monoisotopic (exact) mass is 857 g/mol. The molecular weight excluding hydrogens is 784 g/mol. The van der Waals surface area contributed by atoms with Crippen LogP contribution in [0.15, 0.2) is 0 Å². The first kappa shape index (κ1) is 53.6. The molecule has 0 unspecified atom stereocenters. The van der Waals surface area contributed by atoms with Crippen molar-refractivity contribution in [2.24, 2.45) is 0 Å². The van der Waals surface area contributed by atoms with E-state index in [1.165, 1.54) is 0 Å². The average molecular weight is 857 g/mol. The van der Waals surface area contributed by atoms with E-state index in [1.54, 1.807) is 0 Å². The summed E-state index contributed by atoms with van der Waals surface area (Å²) in [5.41, 5.74) is 0. The van der Waals surface area contributed by atoms with Gasteiger partial charge in [0.2, 0.25) is 23.6 Å². The molecule has 0 saturated carbocycles. The van der Waals surface area contributed by atoms with Gasteiger partial charge < -0.3 is 40.2 Å². The Labute approximate surface area is 355 Å². The molecule has 0 radical (unpaired) electrons. The highest BCUT2D eigenvalue weighted by Gasteiger charge is 2.23. The lowest BCUT2D eigenvalue weighted by atomic mass is 10.3. The van der Waals surface area contributed by atoms with Gasteiger partial charge in [-0.25, -0.2) is 0 Å². The molecule has 0 aromatic heterocycles.